The SMILES string of the molecule is [Cl-].c1ccc(-n2nnnc2Oc2cccc(CNC3CCCC3)c2)cc1. The third-order valence-corrected chi connectivity index (χ3v) is 4.50. The number of nitrogens with zero attached hydrogens (tertiary/aromatic N) is 4. The van der Waals surface area contributed by atoms with E-state index < -0.39 is 0 Å². The van der Waals surface area contributed by atoms with Crippen LogP contribution in [0.5, 0.6) is 11.8 Å². The second-order valence-corrected chi connectivity index (χ2v) is 6.32. The molecule has 7 heteroatoms. The molecule has 1 fully saturated rings. The lowest BCUT2D eigenvalue weighted by atomic mass is 10.2. The lowest BCUT2D eigenvalue weighted by Crippen LogP contribution is -3.00. The van der Waals surface area contributed by atoms with Gasteiger partial charge in [0.1, 0.15) is 5.75 Å². The number of hydrogen-bond donors (Lipinski definition) is 1. The molecule has 1 aliphatic rings. The average molecular weight is 371 g/mol. The van der Waals surface area contributed by atoms with Crippen LogP contribution in [0.1, 0.15) is 31.2 Å². The largest absolute Gasteiger partial charge is 1.00 e. The molecule has 136 valence electrons. The lowest BCUT2D eigenvalue weighted by molar-refractivity contribution is -0.00000592. The second kappa shape index (κ2) is 8.78. The predicted octanol–water partition coefficient (Wildman–Crippen LogP) is 0.491. The average Bonchev–Trinajstić information content (AvgIpc) is 3.33. The summed E-state index contributed by atoms with van der Waals surface area (Å²) in [6, 6.07) is 18.8. The van der Waals surface area contributed by atoms with E-state index in [-0.39, 0.29) is 12.4 Å². The monoisotopic (exact) mass is 370 g/mol. The van der Waals surface area contributed by atoms with E-state index in [4.69, 9.17) is 4.74 Å². The third kappa shape index (κ3) is 4.39. The summed E-state index contributed by atoms with van der Waals surface area (Å²) < 4.78 is 7.50. The predicted molar refractivity (Wildman–Crippen MR) is 94.8 cm³/mol. The number of nitrogens with one attached hydrogen (secondary N) is 1. The Hall–Kier alpha value is -2.44. The Balaban J connectivity index is 0.00000196. The van der Waals surface area contributed by atoms with E-state index in [2.05, 4.69) is 26.9 Å². The van der Waals surface area contributed by atoms with E-state index in [9.17, 15) is 0 Å². The van der Waals surface area contributed by atoms with Crippen molar-refractivity contribution in [3.05, 3.63) is 60.2 Å². The highest BCUT2D eigenvalue weighted by Crippen LogP contribution is 2.23. The summed E-state index contributed by atoms with van der Waals surface area (Å²) in [7, 11) is 0. The van der Waals surface area contributed by atoms with Crippen LogP contribution in [-0.2, 0) is 6.54 Å². The van der Waals surface area contributed by atoms with E-state index >= 15 is 0 Å². The first kappa shape index (κ1) is 18.4. The van der Waals surface area contributed by atoms with Crippen LogP contribution in [0.15, 0.2) is 54.6 Å². The summed E-state index contributed by atoms with van der Waals surface area (Å²) >= 11 is 0. The molecule has 0 bridgehead atoms. The van der Waals surface area contributed by atoms with Gasteiger partial charge < -0.3 is 22.5 Å². The smallest absolute Gasteiger partial charge is 0.345 e. The zero-order valence-corrected chi connectivity index (χ0v) is 15.1. The summed E-state index contributed by atoms with van der Waals surface area (Å²) in [5.41, 5.74) is 2.06. The molecule has 0 atom stereocenters. The van der Waals surface area contributed by atoms with Gasteiger partial charge in [-0.05, 0) is 53.1 Å². The normalized spacial score (nSPS) is 14.2. The number of halogens is 1. The molecule has 26 heavy (non-hydrogen) atoms. The molecule has 6 nitrogen and oxygen atoms in total. The van der Waals surface area contributed by atoms with Crippen LogP contribution in [0, 0.1) is 0 Å². The molecule has 0 unspecified atom stereocenters. The molecule has 0 spiro atoms. The van der Waals surface area contributed by atoms with E-state index in [0.29, 0.717) is 12.1 Å². The lowest BCUT2D eigenvalue weighted by Gasteiger charge is -2.12. The topological polar surface area (TPSA) is 64.9 Å². The molecule has 0 aliphatic heterocycles. The molecule has 1 aromatic heterocycles. The molecular weight excluding hydrogens is 350 g/mol. The van der Waals surface area contributed by atoms with Gasteiger partial charge in [-0.25, -0.2) is 0 Å². The van der Waals surface area contributed by atoms with Crippen molar-refractivity contribution in [1.29, 1.82) is 0 Å². The summed E-state index contributed by atoms with van der Waals surface area (Å²) in [6.45, 7) is 0.853. The highest BCUT2D eigenvalue weighted by molar-refractivity contribution is 5.34. The zero-order chi connectivity index (χ0) is 16.9. The van der Waals surface area contributed by atoms with Gasteiger partial charge in [-0.3, -0.25) is 0 Å². The van der Waals surface area contributed by atoms with Crippen molar-refractivity contribution >= 4 is 0 Å². The molecule has 3 aromatic rings. The molecule has 1 N–H and O–H groups in total. The molecule has 1 heterocycles. The highest BCUT2D eigenvalue weighted by atomic mass is 35.5. The van der Waals surface area contributed by atoms with Crippen LogP contribution in [0.2, 0.25) is 0 Å². The first-order valence-corrected chi connectivity index (χ1v) is 8.72. The number of ether oxygens (including phenoxy) is 1. The Morgan fingerprint density at radius 2 is 1.85 bits per heavy atom. The number of benzene rings is 2. The standard InChI is InChI=1S/C19H21N5O.ClH/c1-2-10-17(11-3-1)24-19(21-22-23-24)25-18-12-6-7-15(13-18)14-20-16-8-4-5-9-16;/h1-3,6-7,10-13,16,20H,4-5,8-9,14H2;1H/p-1. The molecule has 1 saturated carbocycles. The van der Waals surface area contributed by atoms with Crippen LogP contribution < -0.4 is 22.5 Å². The molecule has 0 saturated heterocycles. The van der Waals surface area contributed by atoms with Gasteiger partial charge in [0.15, 0.2) is 0 Å². The van der Waals surface area contributed by atoms with Gasteiger partial charge in [0, 0.05) is 12.6 Å². The summed E-state index contributed by atoms with van der Waals surface area (Å²) in [4.78, 5) is 0. The number of aromatic nitrogens is 4. The van der Waals surface area contributed by atoms with Crippen molar-refractivity contribution in [3.63, 3.8) is 0 Å². The maximum atomic E-state index is 5.92. The van der Waals surface area contributed by atoms with E-state index in [0.717, 1.165) is 18.0 Å². The Morgan fingerprint density at radius 3 is 2.65 bits per heavy atom. The van der Waals surface area contributed by atoms with Gasteiger partial charge in [-0.2, -0.15) is 4.68 Å². The van der Waals surface area contributed by atoms with Crippen LogP contribution in [0.3, 0.4) is 0 Å². The van der Waals surface area contributed by atoms with Crippen LogP contribution >= 0.6 is 0 Å². The number of hydrogen-bond acceptors (Lipinski definition) is 5. The van der Waals surface area contributed by atoms with Crippen LogP contribution in [0.25, 0.3) is 5.69 Å². The van der Waals surface area contributed by atoms with E-state index in [1.54, 1.807) is 4.68 Å². The maximum absolute atomic E-state index is 5.92. The molecule has 0 radical (unpaired) electrons. The van der Waals surface area contributed by atoms with Crippen molar-refractivity contribution in [2.75, 3.05) is 0 Å². The fraction of sp³-hybridized carbons (Fsp3) is 0.316. The maximum Gasteiger partial charge on any atom is 0.345 e. The van der Waals surface area contributed by atoms with Gasteiger partial charge in [-0.15, -0.1) is 0 Å². The molecular formula is C19H21ClN5O-. The first-order valence-electron chi connectivity index (χ1n) is 8.72. The Kier molecular flexibility index (Phi) is 6.20. The van der Waals surface area contributed by atoms with Crippen molar-refractivity contribution in [1.82, 2.24) is 25.5 Å². The first-order chi connectivity index (χ1) is 12.4. The van der Waals surface area contributed by atoms with Crippen molar-refractivity contribution < 1.29 is 17.1 Å². The fourth-order valence-corrected chi connectivity index (χ4v) is 3.19. The second-order valence-electron chi connectivity index (χ2n) is 6.32. The van der Waals surface area contributed by atoms with E-state index in [1.807, 2.05) is 48.5 Å². The number of para-hydroxylation sites is 1. The summed E-state index contributed by atoms with van der Waals surface area (Å²) in [6.07, 6.45) is 5.23. The molecule has 0 amide bonds. The van der Waals surface area contributed by atoms with Gasteiger partial charge in [0.2, 0.25) is 0 Å². The Morgan fingerprint density at radius 1 is 1.04 bits per heavy atom. The minimum absolute atomic E-state index is 0. The summed E-state index contributed by atoms with van der Waals surface area (Å²) in [5, 5.41) is 15.4. The third-order valence-electron chi connectivity index (χ3n) is 4.50. The van der Waals surface area contributed by atoms with Gasteiger partial charge >= 0.3 is 6.01 Å². The highest BCUT2D eigenvalue weighted by Gasteiger charge is 2.14. The van der Waals surface area contributed by atoms with Crippen molar-refractivity contribution in [2.45, 2.75) is 38.3 Å². The van der Waals surface area contributed by atoms with Crippen molar-refractivity contribution in [2.24, 2.45) is 0 Å². The molecule has 1 aliphatic carbocycles. The Labute approximate surface area is 159 Å². The van der Waals surface area contributed by atoms with Crippen molar-refractivity contribution in [3.8, 4) is 17.4 Å². The van der Waals surface area contributed by atoms with Crippen LogP contribution in [-0.4, -0.2) is 26.2 Å². The van der Waals surface area contributed by atoms with Gasteiger partial charge in [-0.1, -0.05) is 48.3 Å². The fourth-order valence-electron chi connectivity index (χ4n) is 3.19. The molecule has 2 aromatic carbocycles. The summed E-state index contributed by atoms with van der Waals surface area (Å²) in [5.74, 6) is 0.734. The quantitative estimate of drug-likeness (QED) is 0.684. The van der Waals surface area contributed by atoms with Gasteiger partial charge in [0.05, 0.1) is 5.69 Å². The number of tetrazole rings is 1. The number of rotatable bonds is 6. The minimum atomic E-state index is 0. The minimum Gasteiger partial charge on any atom is -1.00 e. The van der Waals surface area contributed by atoms with E-state index in [1.165, 1.54) is 31.2 Å². The van der Waals surface area contributed by atoms with Crippen LogP contribution in [0.4, 0.5) is 0 Å². The molecule has 4 rings (SSSR count). The Bertz CT molecular complexity index is 818. The zero-order valence-electron chi connectivity index (χ0n) is 14.4. The van der Waals surface area contributed by atoms with Gasteiger partial charge in [0.25, 0.3) is 0 Å².